The molecular formula is C14H23N3O3S. The van der Waals surface area contributed by atoms with Crippen molar-refractivity contribution >= 4 is 10.2 Å². The standard InChI is InChI=1S/C14H23N3O3S/c1-12(2)20-14-6-4-3-5-13(14)11-16-7-9-17(10-8-16)21(15,18)19/h3-6,12H,7-11H2,1-2H3,(H2,15,18,19). The summed E-state index contributed by atoms with van der Waals surface area (Å²) >= 11 is 0. The first-order valence-corrected chi connectivity index (χ1v) is 8.61. The van der Waals surface area contributed by atoms with Gasteiger partial charge in [-0.1, -0.05) is 18.2 Å². The predicted octanol–water partition coefficient (Wildman–Crippen LogP) is 0.795. The van der Waals surface area contributed by atoms with E-state index in [0.717, 1.165) is 17.9 Å². The average molecular weight is 313 g/mol. The third kappa shape index (κ3) is 4.67. The van der Waals surface area contributed by atoms with Crippen molar-refractivity contribution in [2.75, 3.05) is 26.2 Å². The zero-order valence-electron chi connectivity index (χ0n) is 12.5. The molecule has 2 rings (SSSR count). The van der Waals surface area contributed by atoms with Gasteiger partial charge >= 0.3 is 0 Å². The average Bonchev–Trinajstić information content (AvgIpc) is 2.40. The summed E-state index contributed by atoms with van der Waals surface area (Å²) in [6.45, 7) is 6.97. The van der Waals surface area contributed by atoms with Crippen LogP contribution in [0.4, 0.5) is 0 Å². The summed E-state index contributed by atoms with van der Waals surface area (Å²) < 4.78 is 29.7. The second kappa shape index (κ2) is 6.74. The summed E-state index contributed by atoms with van der Waals surface area (Å²) in [7, 11) is -3.56. The van der Waals surface area contributed by atoms with Crippen molar-refractivity contribution in [2.24, 2.45) is 5.14 Å². The Labute approximate surface area is 126 Å². The summed E-state index contributed by atoms with van der Waals surface area (Å²) in [4.78, 5) is 2.21. The van der Waals surface area contributed by atoms with Crippen molar-refractivity contribution in [1.82, 2.24) is 9.21 Å². The van der Waals surface area contributed by atoms with Crippen LogP contribution in [0, 0.1) is 0 Å². The van der Waals surface area contributed by atoms with Crippen LogP contribution in [0.5, 0.6) is 5.75 Å². The fourth-order valence-corrected chi connectivity index (χ4v) is 3.06. The van der Waals surface area contributed by atoms with Gasteiger partial charge in [-0.2, -0.15) is 12.7 Å². The number of ether oxygens (including phenoxy) is 1. The molecule has 1 fully saturated rings. The van der Waals surface area contributed by atoms with Gasteiger partial charge in [-0.15, -0.1) is 0 Å². The molecule has 0 bridgehead atoms. The molecule has 6 nitrogen and oxygen atoms in total. The first-order chi connectivity index (χ1) is 9.86. The number of hydrogen-bond acceptors (Lipinski definition) is 4. The quantitative estimate of drug-likeness (QED) is 0.872. The lowest BCUT2D eigenvalue weighted by atomic mass is 10.1. The Bertz CT molecular complexity index is 567. The fourth-order valence-electron chi connectivity index (χ4n) is 2.39. The van der Waals surface area contributed by atoms with Gasteiger partial charge in [0, 0.05) is 38.3 Å². The lowest BCUT2D eigenvalue weighted by Gasteiger charge is -2.33. The number of rotatable bonds is 5. The molecule has 2 N–H and O–H groups in total. The van der Waals surface area contributed by atoms with Crippen LogP contribution in [-0.2, 0) is 16.8 Å². The molecule has 0 saturated carbocycles. The lowest BCUT2D eigenvalue weighted by molar-refractivity contribution is 0.176. The zero-order chi connectivity index (χ0) is 15.5. The maximum Gasteiger partial charge on any atom is 0.276 e. The Kier molecular flexibility index (Phi) is 5.21. The van der Waals surface area contributed by atoms with Crippen LogP contribution in [0.25, 0.3) is 0 Å². The molecule has 0 unspecified atom stereocenters. The molecule has 1 aliphatic rings. The molecule has 0 aromatic heterocycles. The Hall–Kier alpha value is -1.15. The van der Waals surface area contributed by atoms with Gasteiger partial charge < -0.3 is 4.74 Å². The molecule has 7 heteroatoms. The van der Waals surface area contributed by atoms with Gasteiger partial charge in [0.25, 0.3) is 10.2 Å². The van der Waals surface area contributed by atoms with Gasteiger partial charge in [-0.3, -0.25) is 4.90 Å². The number of piperazine rings is 1. The van der Waals surface area contributed by atoms with E-state index in [1.165, 1.54) is 4.31 Å². The number of nitrogens with zero attached hydrogens (tertiary/aromatic N) is 2. The van der Waals surface area contributed by atoms with Crippen LogP contribution >= 0.6 is 0 Å². The maximum atomic E-state index is 11.3. The van der Waals surface area contributed by atoms with E-state index in [1.54, 1.807) is 0 Å². The molecule has 118 valence electrons. The Morgan fingerprint density at radius 2 is 1.81 bits per heavy atom. The second-order valence-corrected chi connectivity index (χ2v) is 7.04. The molecular weight excluding hydrogens is 290 g/mol. The number of benzene rings is 1. The van der Waals surface area contributed by atoms with Crippen molar-refractivity contribution in [3.8, 4) is 5.75 Å². The third-order valence-electron chi connectivity index (χ3n) is 3.42. The second-order valence-electron chi connectivity index (χ2n) is 5.49. The molecule has 1 aromatic carbocycles. The zero-order valence-corrected chi connectivity index (χ0v) is 13.3. The van der Waals surface area contributed by atoms with E-state index in [4.69, 9.17) is 9.88 Å². The summed E-state index contributed by atoms with van der Waals surface area (Å²) in [6, 6.07) is 7.96. The van der Waals surface area contributed by atoms with Crippen LogP contribution < -0.4 is 9.88 Å². The molecule has 0 spiro atoms. The molecule has 1 aromatic rings. The Morgan fingerprint density at radius 3 is 2.38 bits per heavy atom. The normalized spacial score (nSPS) is 18.1. The van der Waals surface area contributed by atoms with E-state index >= 15 is 0 Å². The third-order valence-corrected chi connectivity index (χ3v) is 4.51. The predicted molar refractivity (Wildman–Crippen MR) is 82.2 cm³/mol. The first kappa shape index (κ1) is 16.2. The summed E-state index contributed by atoms with van der Waals surface area (Å²) in [5, 5.41) is 5.15. The summed E-state index contributed by atoms with van der Waals surface area (Å²) in [6.07, 6.45) is 0.130. The van der Waals surface area contributed by atoms with Crippen molar-refractivity contribution in [1.29, 1.82) is 0 Å². The molecule has 0 aliphatic carbocycles. The van der Waals surface area contributed by atoms with Crippen molar-refractivity contribution in [2.45, 2.75) is 26.5 Å². The minimum atomic E-state index is -3.56. The van der Waals surface area contributed by atoms with Crippen LogP contribution in [0.15, 0.2) is 24.3 Å². The van der Waals surface area contributed by atoms with Crippen LogP contribution in [0.2, 0.25) is 0 Å². The molecule has 1 saturated heterocycles. The van der Waals surface area contributed by atoms with Gasteiger partial charge in [-0.05, 0) is 19.9 Å². The van der Waals surface area contributed by atoms with E-state index < -0.39 is 10.2 Å². The SMILES string of the molecule is CC(C)Oc1ccccc1CN1CCN(S(N)(=O)=O)CC1. The minimum absolute atomic E-state index is 0.130. The van der Waals surface area contributed by atoms with E-state index in [-0.39, 0.29) is 6.10 Å². The molecule has 0 atom stereocenters. The van der Waals surface area contributed by atoms with Crippen LogP contribution in [-0.4, -0.2) is 49.9 Å². The summed E-state index contributed by atoms with van der Waals surface area (Å²) in [5.41, 5.74) is 1.12. The highest BCUT2D eigenvalue weighted by atomic mass is 32.2. The fraction of sp³-hybridized carbons (Fsp3) is 0.571. The van der Waals surface area contributed by atoms with Gasteiger partial charge in [-0.25, -0.2) is 5.14 Å². The van der Waals surface area contributed by atoms with E-state index in [9.17, 15) is 8.42 Å². The van der Waals surface area contributed by atoms with Gasteiger partial charge in [0.2, 0.25) is 0 Å². The van der Waals surface area contributed by atoms with Crippen molar-refractivity contribution in [3.63, 3.8) is 0 Å². The first-order valence-electron chi connectivity index (χ1n) is 7.11. The smallest absolute Gasteiger partial charge is 0.276 e. The maximum absolute atomic E-state index is 11.3. The number of para-hydroxylation sites is 1. The molecule has 1 heterocycles. The van der Waals surface area contributed by atoms with E-state index in [1.807, 2.05) is 38.1 Å². The largest absolute Gasteiger partial charge is 0.491 e. The van der Waals surface area contributed by atoms with E-state index in [0.29, 0.717) is 26.2 Å². The van der Waals surface area contributed by atoms with E-state index in [2.05, 4.69) is 4.90 Å². The van der Waals surface area contributed by atoms with Gasteiger partial charge in [0.15, 0.2) is 0 Å². The Morgan fingerprint density at radius 1 is 1.19 bits per heavy atom. The Balaban J connectivity index is 1.98. The summed E-state index contributed by atoms with van der Waals surface area (Å²) in [5.74, 6) is 0.890. The highest BCUT2D eigenvalue weighted by Gasteiger charge is 2.24. The highest BCUT2D eigenvalue weighted by molar-refractivity contribution is 7.86. The van der Waals surface area contributed by atoms with Crippen molar-refractivity contribution in [3.05, 3.63) is 29.8 Å². The number of hydrogen-bond donors (Lipinski definition) is 1. The topological polar surface area (TPSA) is 75.9 Å². The number of nitrogens with two attached hydrogens (primary N) is 1. The lowest BCUT2D eigenvalue weighted by Crippen LogP contribution is -2.50. The van der Waals surface area contributed by atoms with Crippen LogP contribution in [0.3, 0.4) is 0 Å². The van der Waals surface area contributed by atoms with Gasteiger partial charge in [0.05, 0.1) is 6.10 Å². The highest BCUT2D eigenvalue weighted by Crippen LogP contribution is 2.21. The minimum Gasteiger partial charge on any atom is -0.491 e. The molecule has 0 radical (unpaired) electrons. The molecule has 21 heavy (non-hydrogen) atoms. The van der Waals surface area contributed by atoms with Crippen LogP contribution in [0.1, 0.15) is 19.4 Å². The molecule has 0 amide bonds. The molecule has 1 aliphatic heterocycles. The van der Waals surface area contributed by atoms with Crippen molar-refractivity contribution < 1.29 is 13.2 Å². The monoisotopic (exact) mass is 313 g/mol. The van der Waals surface area contributed by atoms with Gasteiger partial charge in [0.1, 0.15) is 5.75 Å².